The fraction of sp³-hybridized carbons (Fsp3) is 0.0172. The highest BCUT2D eigenvalue weighted by atomic mass is 16.5. The molecule has 0 unspecified atom stereocenters. The van der Waals surface area contributed by atoms with E-state index in [0.29, 0.717) is 17.5 Å². The molecule has 2 aliphatic rings. The van der Waals surface area contributed by atoms with Gasteiger partial charge in [0.1, 0.15) is 22.7 Å². The van der Waals surface area contributed by atoms with Gasteiger partial charge in [0.25, 0.3) is 0 Å². The Morgan fingerprint density at radius 1 is 0.317 bits per heavy atom. The van der Waals surface area contributed by atoms with Gasteiger partial charge in [-0.1, -0.05) is 200 Å². The molecule has 1 aliphatic heterocycles. The van der Waals surface area contributed by atoms with Crippen molar-refractivity contribution in [2.45, 2.75) is 5.41 Å². The Bertz CT molecular complexity index is 3560. The Balaban J connectivity index is 0.979. The molecule has 0 radical (unpaired) electrons. The molecule has 63 heavy (non-hydrogen) atoms. The molecule has 9 aromatic carbocycles. The van der Waals surface area contributed by atoms with Crippen LogP contribution < -0.4 is 4.74 Å². The third-order valence-corrected chi connectivity index (χ3v) is 12.9. The number of para-hydroxylation sites is 4. The zero-order valence-corrected chi connectivity index (χ0v) is 33.9. The number of hydrogen-bond acceptors (Lipinski definition) is 5. The molecule has 2 aromatic heterocycles. The number of aromatic nitrogens is 3. The molecule has 5 heteroatoms. The minimum atomic E-state index is -0.578. The Labute approximate surface area is 363 Å². The van der Waals surface area contributed by atoms with Crippen LogP contribution in [0.2, 0.25) is 0 Å². The average Bonchev–Trinajstić information content (AvgIpc) is 3.88. The van der Waals surface area contributed by atoms with Crippen molar-refractivity contribution < 1.29 is 9.15 Å². The smallest absolute Gasteiger partial charge is 0.164 e. The van der Waals surface area contributed by atoms with Crippen molar-refractivity contribution in [3.05, 3.63) is 235 Å². The molecule has 0 atom stereocenters. The highest BCUT2D eigenvalue weighted by molar-refractivity contribution is 6.09. The van der Waals surface area contributed by atoms with Crippen LogP contribution in [-0.4, -0.2) is 15.0 Å². The SMILES string of the molecule is c1ccc(-c2nc(-c3ccc(-c4cccc5c4oc4ccccc45)cc3)nc(-c3ccccc3-c3cccc4c3Oc3ccccc3C43c4ccccc4-c4ccccc43)n2)cc1. The molecule has 0 fully saturated rings. The van der Waals surface area contributed by atoms with Crippen molar-refractivity contribution in [1.82, 2.24) is 15.0 Å². The van der Waals surface area contributed by atoms with E-state index in [0.717, 1.165) is 83.5 Å². The molecule has 11 aromatic rings. The van der Waals surface area contributed by atoms with Gasteiger partial charge in [-0.05, 0) is 45.5 Å². The van der Waals surface area contributed by atoms with Crippen LogP contribution in [0.5, 0.6) is 11.5 Å². The van der Waals surface area contributed by atoms with Crippen LogP contribution >= 0.6 is 0 Å². The summed E-state index contributed by atoms with van der Waals surface area (Å²) in [5, 5.41) is 2.21. The molecule has 0 N–H and O–H groups in total. The van der Waals surface area contributed by atoms with E-state index < -0.39 is 5.41 Å². The highest BCUT2D eigenvalue weighted by Gasteiger charge is 2.51. The van der Waals surface area contributed by atoms with E-state index in [1.54, 1.807) is 0 Å². The molecule has 294 valence electrons. The standard InChI is InChI=1S/C58H35N3O2/c1-2-16-37(17-3-1)55-59-56(38-34-32-36(33-35-38)39-23-14-24-45-43-21-8-12-30-51(43)62-53(39)45)61-57(60-55)46-22-5-4-18-40(46)44-25-15-29-50-54(44)63-52-31-13-11-28-49(52)58(50)47-26-9-6-19-41(47)42-20-7-10-27-48(42)58/h1-35H. The molecule has 0 saturated carbocycles. The number of rotatable bonds is 5. The quantitative estimate of drug-likeness (QED) is 0.173. The molecule has 13 rings (SSSR count). The summed E-state index contributed by atoms with van der Waals surface area (Å²) in [5.41, 5.74) is 15.1. The minimum Gasteiger partial charge on any atom is -0.456 e. The Morgan fingerprint density at radius 2 is 0.825 bits per heavy atom. The van der Waals surface area contributed by atoms with Crippen molar-refractivity contribution >= 4 is 21.9 Å². The van der Waals surface area contributed by atoms with E-state index in [1.165, 1.54) is 22.3 Å². The maximum absolute atomic E-state index is 7.09. The Morgan fingerprint density at radius 3 is 1.59 bits per heavy atom. The number of hydrogen-bond donors (Lipinski definition) is 0. The second-order valence-electron chi connectivity index (χ2n) is 16.2. The zero-order valence-electron chi connectivity index (χ0n) is 33.9. The summed E-state index contributed by atoms with van der Waals surface area (Å²) in [5.74, 6) is 3.42. The number of nitrogens with zero attached hydrogens (tertiary/aromatic N) is 3. The number of fused-ring (bicyclic) bond motifs is 12. The van der Waals surface area contributed by atoms with E-state index in [4.69, 9.17) is 24.1 Å². The Hall–Kier alpha value is -8.41. The summed E-state index contributed by atoms with van der Waals surface area (Å²) >= 11 is 0. The average molecular weight is 806 g/mol. The summed E-state index contributed by atoms with van der Waals surface area (Å²) in [6, 6.07) is 74.1. The monoisotopic (exact) mass is 805 g/mol. The summed E-state index contributed by atoms with van der Waals surface area (Å²) < 4.78 is 13.5. The van der Waals surface area contributed by atoms with E-state index in [9.17, 15) is 0 Å². The molecular formula is C58H35N3O2. The lowest BCUT2D eigenvalue weighted by Crippen LogP contribution is -2.32. The number of ether oxygens (including phenoxy) is 1. The Kier molecular flexibility index (Phi) is 7.75. The largest absolute Gasteiger partial charge is 0.456 e. The van der Waals surface area contributed by atoms with Crippen molar-refractivity contribution in [3.63, 3.8) is 0 Å². The second-order valence-corrected chi connectivity index (χ2v) is 16.2. The molecule has 0 bridgehead atoms. The zero-order chi connectivity index (χ0) is 41.5. The predicted molar refractivity (Wildman–Crippen MR) is 252 cm³/mol. The van der Waals surface area contributed by atoms with Crippen LogP contribution in [0.4, 0.5) is 0 Å². The van der Waals surface area contributed by atoms with Gasteiger partial charge >= 0.3 is 0 Å². The second kappa shape index (κ2) is 13.8. The fourth-order valence-corrected chi connectivity index (χ4v) is 10.1. The van der Waals surface area contributed by atoms with Crippen molar-refractivity contribution in [2.24, 2.45) is 0 Å². The number of furan rings is 1. The third kappa shape index (κ3) is 5.27. The van der Waals surface area contributed by atoms with E-state index in [1.807, 2.05) is 48.5 Å². The van der Waals surface area contributed by atoms with Crippen LogP contribution in [0.25, 0.3) is 89.5 Å². The van der Waals surface area contributed by atoms with Crippen LogP contribution in [0.1, 0.15) is 22.3 Å². The lowest BCUT2D eigenvalue weighted by Gasteiger charge is -2.40. The first-order chi connectivity index (χ1) is 31.2. The van der Waals surface area contributed by atoms with Gasteiger partial charge in [-0.25, -0.2) is 15.0 Å². The van der Waals surface area contributed by atoms with Gasteiger partial charge in [-0.3, -0.25) is 0 Å². The summed E-state index contributed by atoms with van der Waals surface area (Å²) in [7, 11) is 0. The lowest BCUT2D eigenvalue weighted by molar-refractivity contribution is 0.438. The molecule has 1 aliphatic carbocycles. The van der Waals surface area contributed by atoms with E-state index in [2.05, 4.69) is 164 Å². The van der Waals surface area contributed by atoms with Gasteiger partial charge in [-0.2, -0.15) is 0 Å². The topological polar surface area (TPSA) is 61.0 Å². The van der Waals surface area contributed by atoms with E-state index >= 15 is 0 Å². The number of benzene rings is 9. The van der Waals surface area contributed by atoms with E-state index in [-0.39, 0.29) is 0 Å². The summed E-state index contributed by atoms with van der Waals surface area (Å²) in [4.78, 5) is 15.6. The van der Waals surface area contributed by atoms with Gasteiger partial charge in [0.15, 0.2) is 17.5 Å². The molecule has 3 heterocycles. The maximum atomic E-state index is 7.09. The van der Waals surface area contributed by atoms with Crippen molar-refractivity contribution in [2.75, 3.05) is 0 Å². The third-order valence-electron chi connectivity index (χ3n) is 12.9. The van der Waals surface area contributed by atoms with Gasteiger partial charge in [0, 0.05) is 49.7 Å². The van der Waals surface area contributed by atoms with Gasteiger partial charge in [0.2, 0.25) is 0 Å². The van der Waals surface area contributed by atoms with Gasteiger partial charge < -0.3 is 9.15 Å². The van der Waals surface area contributed by atoms with Crippen LogP contribution in [0, 0.1) is 0 Å². The van der Waals surface area contributed by atoms with Gasteiger partial charge in [-0.15, -0.1) is 0 Å². The molecule has 1 spiro atoms. The maximum Gasteiger partial charge on any atom is 0.164 e. The summed E-state index contributed by atoms with van der Waals surface area (Å²) in [6.07, 6.45) is 0. The van der Waals surface area contributed by atoms with Crippen LogP contribution in [0.15, 0.2) is 217 Å². The molecular weight excluding hydrogens is 771 g/mol. The predicted octanol–water partition coefficient (Wildman–Crippen LogP) is 14.6. The van der Waals surface area contributed by atoms with Crippen molar-refractivity contribution in [3.8, 4) is 79.0 Å². The van der Waals surface area contributed by atoms with Crippen LogP contribution in [-0.2, 0) is 5.41 Å². The first kappa shape index (κ1) is 35.4. The highest BCUT2D eigenvalue weighted by Crippen LogP contribution is 2.63. The molecule has 0 amide bonds. The first-order valence-electron chi connectivity index (χ1n) is 21.3. The van der Waals surface area contributed by atoms with Crippen molar-refractivity contribution in [1.29, 1.82) is 0 Å². The molecule has 0 saturated heterocycles. The van der Waals surface area contributed by atoms with Gasteiger partial charge in [0.05, 0.1) is 5.41 Å². The normalized spacial score (nSPS) is 13.0. The lowest BCUT2D eigenvalue weighted by atomic mass is 9.65. The first-order valence-corrected chi connectivity index (χ1v) is 21.3. The molecule has 5 nitrogen and oxygen atoms in total. The summed E-state index contributed by atoms with van der Waals surface area (Å²) in [6.45, 7) is 0. The fourth-order valence-electron chi connectivity index (χ4n) is 10.1. The van der Waals surface area contributed by atoms with Crippen LogP contribution in [0.3, 0.4) is 0 Å². The minimum absolute atomic E-state index is 0.575.